The summed E-state index contributed by atoms with van der Waals surface area (Å²) in [6, 6.07) is 0. The van der Waals surface area contributed by atoms with Crippen LogP contribution in [0.15, 0.2) is 10.7 Å². The summed E-state index contributed by atoms with van der Waals surface area (Å²) in [5.74, 6) is 1.29. The Kier molecular flexibility index (Phi) is 5.34. The van der Waals surface area contributed by atoms with Crippen molar-refractivity contribution in [2.75, 3.05) is 30.3 Å². The molecule has 1 aromatic rings. The zero-order valence-corrected chi connectivity index (χ0v) is 10.2. The number of nitrogens with one attached hydrogen (secondary N) is 2. The lowest BCUT2D eigenvalue weighted by molar-refractivity contribution is 0.311. The van der Waals surface area contributed by atoms with Crippen molar-refractivity contribution >= 4 is 27.7 Å². The highest BCUT2D eigenvalue weighted by atomic mass is 79.9. The molecule has 84 valence electrons. The highest BCUT2D eigenvalue weighted by Crippen LogP contribution is 2.19. The minimum Gasteiger partial charge on any atom is -0.395 e. The molecule has 5 nitrogen and oxygen atoms in total. The number of halogens is 1. The van der Waals surface area contributed by atoms with Gasteiger partial charge in [0.05, 0.1) is 11.1 Å². The molecule has 1 rings (SSSR count). The maximum absolute atomic E-state index is 8.69. The van der Waals surface area contributed by atoms with Crippen molar-refractivity contribution in [2.45, 2.75) is 13.3 Å². The molecule has 0 fully saturated rings. The van der Waals surface area contributed by atoms with Gasteiger partial charge in [-0.3, -0.25) is 0 Å². The van der Waals surface area contributed by atoms with Gasteiger partial charge in [-0.15, -0.1) is 0 Å². The van der Waals surface area contributed by atoms with Crippen molar-refractivity contribution in [3.8, 4) is 0 Å². The standard InChI is InChI=1S/C9H15BrN4O/c1-2-3-12-9-13-6-7(10)8(14-9)11-4-5-15/h6,15H,2-5H2,1H3,(H2,11,12,13,14). The van der Waals surface area contributed by atoms with Crippen LogP contribution >= 0.6 is 15.9 Å². The summed E-state index contributed by atoms with van der Waals surface area (Å²) in [6.45, 7) is 3.48. The number of nitrogens with zero attached hydrogens (tertiary/aromatic N) is 2. The van der Waals surface area contributed by atoms with E-state index in [0.717, 1.165) is 17.4 Å². The summed E-state index contributed by atoms with van der Waals surface area (Å²) in [4.78, 5) is 8.37. The second-order valence-electron chi connectivity index (χ2n) is 2.97. The summed E-state index contributed by atoms with van der Waals surface area (Å²) in [6.07, 6.45) is 2.71. The molecule has 1 heterocycles. The quantitative estimate of drug-likeness (QED) is 0.733. The van der Waals surface area contributed by atoms with Gasteiger partial charge >= 0.3 is 0 Å². The number of aliphatic hydroxyl groups excluding tert-OH is 1. The Hall–Kier alpha value is -0.880. The van der Waals surface area contributed by atoms with Crippen molar-refractivity contribution in [2.24, 2.45) is 0 Å². The van der Waals surface area contributed by atoms with Gasteiger partial charge in [0, 0.05) is 19.3 Å². The Morgan fingerprint density at radius 3 is 2.87 bits per heavy atom. The van der Waals surface area contributed by atoms with E-state index >= 15 is 0 Å². The molecule has 0 aromatic carbocycles. The van der Waals surface area contributed by atoms with Crippen molar-refractivity contribution in [3.63, 3.8) is 0 Å². The second kappa shape index (κ2) is 6.58. The zero-order valence-electron chi connectivity index (χ0n) is 8.63. The highest BCUT2D eigenvalue weighted by Gasteiger charge is 2.03. The van der Waals surface area contributed by atoms with Crippen LogP contribution in [0.4, 0.5) is 11.8 Å². The van der Waals surface area contributed by atoms with E-state index in [1.165, 1.54) is 0 Å². The maximum Gasteiger partial charge on any atom is 0.224 e. The number of hydrogen-bond donors (Lipinski definition) is 3. The number of rotatable bonds is 6. The van der Waals surface area contributed by atoms with Crippen molar-refractivity contribution < 1.29 is 5.11 Å². The Labute approximate surface area is 97.5 Å². The van der Waals surface area contributed by atoms with Crippen LogP contribution in [0.1, 0.15) is 13.3 Å². The minimum atomic E-state index is 0.0775. The van der Waals surface area contributed by atoms with E-state index in [0.29, 0.717) is 18.3 Å². The number of aromatic nitrogens is 2. The molecule has 3 N–H and O–H groups in total. The molecule has 0 aliphatic carbocycles. The lowest BCUT2D eigenvalue weighted by atomic mass is 10.5. The van der Waals surface area contributed by atoms with Gasteiger partial charge in [-0.2, -0.15) is 4.98 Å². The fourth-order valence-corrected chi connectivity index (χ4v) is 1.32. The topological polar surface area (TPSA) is 70.1 Å². The van der Waals surface area contributed by atoms with E-state index in [1.807, 2.05) is 0 Å². The second-order valence-corrected chi connectivity index (χ2v) is 3.82. The summed E-state index contributed by atoms with van der Waals surface area (Å²) < 4.78 is 0.790. The lowest BCUT2D eigenvalue weighted by Crippen LogP contribution is -2.10. The molecule has 0 spiro atoms. The summed E-state index contributed by atoms with van der Waals surface area (Å²) in [5.41, 5.74) is 0. The molecule has 0 bridgehead atoms. The average Bonchev–Trinajstić information content (AvgIpc) is 2.26. The molecule has 0 unspecified atom stereocenters. The van der Waals surface area contributed by atoms with Crippen LogP contribution in [0.3, 0.4) is 0 Å². The molecular weight excluding hydrogens is 260 g/mol. The van der Waals surface area contributed by atoms with Crippen molar-refractivity contribution in [1.29, 1.82) is 0 Å². The van der Waals surface area contributed by atoms with E-state index in [4.69, 9.17) is 5.11 Å². The first-order chi connectivity index (χ1) is 7.27. The zero-order chi connectivity index (χ0) is 11.1. The van der Waals surface area contributed by atoms with Gasteiger partial charge in [0.2, 0.25) is 5.95 Å². The molecule has 0 amide bonds. The summed E-state index contributed by atoms with van der Waals surface area (Å²) in [7, 11) is 0. The molecule has 0 aliphatic heterocycles. The van der Waals surface area contributed by atoms with Crippen LogP contribution in [0.5, 0.6) is 0 Å². The van der Waals surface area contributed by atoms with Gasteiger partial charge in [-0.25, -0.2) is 4.98 Å². The van der Waals surface area contributed by atoms with Crippen molar-refractivity contribution in [1.82, 2.24) is 9.97 Å². The molecule has 0 saturated heterocycles. The SMILES string of the molecule is CCCNc1ncc(Br)c(NCCO)n1. The van der Waals surface area contributed by atoms with Crippen molar-refractivity contribution in [3.05, 3.63) is 10.7 Å². The van der Waals surface area contributed by atoms with E-state index in [2.05, 4.69) is 43.5 Å². The van der Waals surface area contributed by atoms with Crippen LogP contribution in [0, 0.1) is 0 Å². The van der Waals surface area contributed by atoms with Gasteiger partial charge in [-0.05, 0) is 22.4 Å². The molecule has 0 aliphatic rings. The Bertz CT molecular complexity index is 308. The van der Waals surface area contributed by atoms with Gasteiger partial charge in [0.25, 0.3) is 0 Å². The lowest BCUT2D eigenvalue weighted by Gasteiger charge is -2.08. The molecule has 0 atom stereocenters. The largest absolute Gasteiger partial charge is 0.395 e. The van der Waals surface area contributed by atoms with E-state index in [1.54, 1.807) is 6.20 Å². The first kappa shape index (κ1) is 12.2. The van der Waals surface area contributed by atoms with Gasteiger partial charge in [-0.1, -0.05) is 6.92 Å². The van der Waals surface area contributed by atoms with Gasteiger partial charge in [0.15, 0.2) is 0 Å². The first-order valence-electron chi connectivity index (χ1n) is 4.89. The predicted molar refractivity (Wildman–Crippen MR) is 64.1 cm³/mol. The molecule has 0 radical (unpaired) electrons. The molecular formula is C9H15BrN4O. The fourth-order valence-electron chi connectivity index (χ4n) is 0.987. The third-order valence-electron chi connectivity index (χ3n) is 1.68. The fraction of sp³-hybridized carbons (Fsp3) is 0.556. The normalized spacial score (nSPS) is 10.1. The van der Waals surface area contributed by atoms with E-state index < -0.39 is 0 Å². The minimum absolute atomic E-state index is 0.0775. The Morgan fingerprint density at radius 2 is 2.20 bits per heavy atom. The molecule has 6 heteroatoms. The highest BCUT2D eigenvalue weighted by molar-refractivity contribution is 9.10. The molecule has 0 saturated carbocycles. The number of anilines is 2. The van der Waals surface area contributed by atoms with Crippen LogP contribution in [-0.4, -0.2) is 34.8 Å². The van der Waals surface area contributed by atoms with Crippen LogP contribution in [0.25, 0.3) is 0 Å². The average molecular weight is 275 g/mol. The van der Waals surface area contributed by atoms with E-state index in [-0.39, 0.29) is 6.61 Å². The molecule has 1 aromatic heterocycles. The Balaban J connectivity index is 2.66. The summed E-state index contributed by atoms with van der Waals surface area (Å²) >= 11 is 3.33. The smallest absolute Gasteiger partial charge is 0.224 e. The predicted octanol–water partition coefficient (Wildman–Crippen LogP) is 1.47. The maximum atomic E-state index is 8.69. The number of hydrogen-bond acceptors (Lipinski definition) is 5. The monoisotopic (exact) mass is 274 g/mol. The third-order valence-corrected chi connectivity index (χ3v) is 2.26. The van der Waals surface area contributed by atoms with Gasteiger partial charge in [0.1, 0.15) is 5.82 Å². The van der Waals surface area contributed by atoms with Crippen LogP contribution in [-0.2, 0) is 0 Å². The Morgan fingerprint density at radius 1 is 1.40 bits per heavy atom. The van der Waals surface area contributed by atoms with E-state index in [9.17, 15) is 0 Å². The van der Waals surface area contributed by atoms with Crippen LogP contribution in [0.2, 0.25) is 0 Å². The third kappa shape index (κ3) is 4.01. The van der Waals surface area contributed by atoms with Gasteiger partial charge < -0.3 is 15.7 Å². The summed E-state index contributed by atoms with van der Waals surface area (Å²) in [5, 5.41) is 14.8. The number of aliphatic hydroxyl groups is 1. The van der Waals surface area contributed by atoms with Crippen LogP contribution < -0.4 is 10.6 Å². The first-order valence-corrected chi connectivity index (χ1v) is 5.68. The molecule has 15 heavy (non-hydrogen) atoms.